The minimum absolute atomic E-state index is 0.0722. The van der Waals surface area contributed by atoms with Gasteiger partial charge in [0, 0.05) is 45.1 Å². The molecule has 0 radical (unpaired) electrons. The van der Waals surface area contributed by atoms with E-state index in [1.165, 1.54) is 0 Å². The lowest BCUT2D eigenvalue weighted by Gasteiger charge is -2.24. The third-order valence-electron chi connectivity index (χ3n) is 9.32. The maximum Gasteiger partial charge on any atom is 0.407 e. The van der Waals surface area contributed by atoms with Crippen LogP contribution in [0.1, 0.15) is 88.2 Å². The van der Waals surface area contributed by atoms with Crippen LogP contribution >= 0.6 is 0 Å². The van der Waals surface area contributed by atoms with Crippen LogP contribution in [0.4, 0.5) is 4.79 Å². The number of fused-ring (bicyclic) bond motifs is 1. The number of benzene rings is 1. The number of imide groups is 1. The van der Waals surface area contributed by atoms with E-state index in [4.69, 9.17) is 19.2 Å². The SMILES string of the molecule is C=CC1=C(/C=C\C)C(COC(=O)NC(CCC(=O)ON2C(=C)CCC2=O)C(=O)NC(CCC(=O)ON2C(=O)CCC2=O)C(=O)ON(C)C(=O)CCC=O)c2ccccc21. The lowest BCUT2D eigenvalue weighted by molar-refractivity contribution is -0.198. The normalized spacial score (nSPS) is 17.0. The quantitative estimate of drug-likeness (QED) is 0.116. The molecule has 1 aromatic rings. The number of allylic oxidation sites excluding steroid dienone is 5. The summed E-state index contributed by atoms with van der Waals surface area (Å²) < 4.78 is 5.60. The highest BCUT2D eigenvalue weighted by molar-refractivity contribution is 6.01. The van der Waals surface area contributed by atoms with Gasteiger partial charge in [-0.05, 0) is 48.5 Å². The first kappa shape index (κ1) is 44.8. The average Bonchev–Trinajstić information content (AvgIpc) is 3.82. The summed E-state index contributed by atoms with van der Waals surface area (Å²) in [6.45, 7) is 9.25. The molecule has 2 saturated heterocycles. The first-order valence-corrected chi connectivity index (χ1v) is 18.7. The van der Waals surface area contributed by atoms with E-state index >= 15 is 0 Å². The molecular formula is C40H45N5O14. The second-order valence-electron chi connectivity index (χ2n) is 13.4. The van der Waals surface area contributed by atoms with Crippen molar-refractivity contribution in [3.63, 3.8) is 0 Å². The number of amides is 6. The number of hydroxylamine groups is 6. The van der Waals surface area contributed by atoms with Crippen molar-refractivity contribution in [2.45, 2.75) is 89.1 Å². The van der Waals surface area contributed by atoms with E-state index in [-0.39, 0.29) is 50.8 Å². The zero-order valence-electron chi connectivity index (χ0n) is 32.6. The van der Waals surface area contributed by atoms with Gasteiger partial charge in [-0.15, -0.1) is 10.1 Å². The van der Waals surface area contributed by atoms with Crippen LogP contribution in [0.5, 0.6) is 0 Å². The minimum Gasteiger partial charge on any atom is -0.449 e. The van der Waals surface area contributed by atoms with E-state index < -0.39 is 97.2 Å². The van der Waals surface area contributed by atoms with Crippen LogP contribution in [0.15, 0.2) is 66.9 Å². The summed E-state index contributed by atoms with van der Waals surface area (Å²) in [4.78, 5) is 140. The fourth-order valence-electron chi connectivity index (χ4n) is 6.30. The Bertz CT molecular complexity index is 1940. The van der Waals surface area contributed by atoms with Crippen molar-refractivity contribution in [3.05, 3.63) is 78.0 Å². The number of nitrogens with zero attached hydrogens (tertiary/aromatic N) is 3. The van der Waals surface area contributed by atoms with Gasteiger partial charge in [0.15, 0.2) is 0 Å². The summed E-state index contributed by atoms with van der Waals surface area (Å²) in [5.74, 6) is -7.65. The monoisotopic (exact) mass is 819 g/mol. The zero-order valence-corrected chi connectivity index (χ0v) is 32.6. The molecule has 1 aliphatic carbocycles. The first-order chi connectivity index (χ1) is 28.2. The van der Waals surface area contributed by atoms with Crippen molar-refractivity contribution in [1.82, 2.24) is 25.8 Å². The van der Waals surface area contributed by atoms with Crippen LogP contribution in [0.2, 0.25) is 0 Å². The molecule has 3 unspecified atom stereocenters. The molecule has 2 aliphatic heterocycles. The molecular weight excluding hydrogens is 774 g/mol. The van der Waals surface area contributed by atoms with Gasteiger partial charge in [-0.2, -0.15) is 5.06 Å². The van der Waals surface area contributed by atoms with Gasteiger partial charge in [-0.25, -0.2) is 19.2 Å². The summed E-state index contributed by atoms with van der Waals surface area (Å²) >= 11 is 0. The molecule has 0 aromatic heterocycles. The van der Waals surface area contributed by atoms with E-state index in [0.717, 1.165) is 34.4 Å². The van der Waals surface area contributed by atoms with Crippen LogP contribution in [0.25, 0.3) is 5.57 Å². The van der Waals surface area contributed by atoms with Crippen LogP contribution < -0.4 is 10.6 Å². The molecule has 3 aliphatic rings. The number of ether oxygens (including phenoxy) is 1. The fourth-order valence-corrected chi connectivity index (χ4v) is 6.30. The van der Waals surface area contributed by atoms with Crippen molar-refractivity contribution in [3.8, 4) is 0 Å². The van der Waals surface area contributed by atoms with E-state index in [1.54, 1.807) is 6.08 Å². The Labute approximate surface area is 338 Å². The number of hydrogen-bond acceptors (Lipinski definition) is 14. The zero-order chi connectivity index (χ0) is 43.2. The van der Waals surface area contributed by atoms with Crippen LogP contribution in [0.3, 0.4) is 0 Å². The number of carbonyl (C=O) groups excluding carboxylic acids is 10. The lowest BCUT2D eigenvalue weighted by atomic mass is 9.96. The number of aldehydes is 1. The molecule has 1 aromatic carbocycles. The molecule has 2 N–H and O–H groups in total. The van der Waals surface area contributed by atoms with Crippen molar-refractivity contribution in [2.24, 2.45) is 0 Å². The Hall–Kier alpha value is -6.92. The van der Waals surface area contributed by atoms with Gasteiger partial charge >= 0.3 is 24.0 Å². The molecule has 2 fully saturated rings. The second kappa shape index (κ2) is 21.0. The number of rotatable bonds is 19. The van der Waals surface area contributed by atoms with Crippen molar-refractivity contribution in [2.75, 3.05) is 13.7 Å². The maximum atomic E-state index is 13.9. The first-order valence-electron chi connectivity index (χ1n) is 18.7. The molecule has 0 saturated carbocycles. The Morgan fingerprint density at radius 1 is 0.881 bits per heavy atom. The summed E-state index contributed by atoms with van der Waals surface area (Å²) in [6.07, 6.45) is 2.04. The van der Waals surface area contributed by atoms with Crippen LogP contribution in [-0.2, 0) is 62.4 Å². The minimum atomic E-state index is -1.74. The van der Waals surface area contributed by atoms with Gasteiger partial charge in [0.25, 0.3) is 23.6 Å². The van der Waals surface area contributed by atoms with E-state index in [0.29, 0.717) is 16.4 Å². The molecule has 19 nitrogen and oxygen atoms in total. The predicted molar refractivity (Wildman–Crippen MR) is 202 cm³/mol. The third kappa shape index (κ3) is 11.8. The van der Waals surface area contributed by atoms with Gasteiger partial charge in [0.05, 0.1) is 18.5 Å². The topological polar surface area (TPSA) is 241 Å². The molecule has 6 amide bonds. The van der Waals surface area contributed by atoms with Gasteiger partial charge in [-0.1, -0.05) is 55.7 Å². The van der Waals surface area contributed by atoms with Crippen molar-refractivity contribution >= 4 is 65.4 Å². The molecule has 4 rings (SSSR count). The van der Waals surface area contributed by atoms with Gasteiger partial charge in [0.2, 0.25) is 5.91 Å². The second-order valence-corrected chi connectivity index (χ2v) is 13.4. The lowest BCUT2D eigenvalue weighted by Crippen LogP contribution is -2.53. The highest BCUT2D eigenvalue weighted by Gasteiger charge is 2.36. The summed E-state index contributed by atoms with van der Waals surface area (Å²) in [7, 11) is 1.08. The molecule has 19 heteroatoms. The summed E-state index contributed by atoms with van der Waals surface area (Å²) in [5, 5.41) is 6.30. The molecule has 314 valence electrons. The fraction of sp³-hybridized carbons (Fsp3) is 0.400. The Balaban J connectivity index is 1.53. The number of nitrogens with one attached hydrogen (secondary N) is 2. The van der Waals surface area contributed by atoms with Crippen molar-refractivity contribution in [1.29, 1.82) is 0 Å². The number of alkyl carbamates (subject to hydrolysis) is 1. The Morgan fingerprint density at radius 3 is 2.10 bits per heavy atom. The Morgan fingerprint density at radius 2 is 1.49 bits per heavy atom. The largest absolute Gasteiger partial charge is 0.449 e. The van der Waals surface area contributed by atoms with Gasteiger partial charge < -0.3 is 34.7 Å². The molecule has 3 atom stereocenters. The van der Waals surface area contributed by atoms with Gasteiger partial charge in [-0.3, -0.25) is 24.0 Å². The van der Waals surface area contributed by atoms with Gasteiger partial charge in [0.1, 0.15) is 25.0 Å². The Kier molecular flexibility index (Phi) is 16.0. The highest BCUT2D eigenvalue weighted by Crippen LogP contribution is 2.43. The van der Waals surface area contributed by atoms with E-state index in [2.05, 4.69) is 23.8 Å². The average molecular weight is 820 g/mol. The smallest absolute Gasteiger partial charge is 0.407 e. The predicted octanol–water partition coefficient (Wildman–Crippen LogP) is 2.54. The maximum absolute atomic E-state index is 13.9. The number of carbonyl (C=O) groups is 10. The highest BCUT2D eigenvalue weighted by atomic mass is 16.7. The van der Waals surface area contributed by atoms with Crippen LogP contribution in [-0.4, -0.2) is 101 Å². The number of hydrogen-bond donors (Lipinski definition) is 2. The molecule has 0 bridgehead atoms. The molecule has 59 heavy (non-hydrogen) atoms. The summed E-state index contributed by atoms with van der Waals surface area (Å²) in [6, 6.07) is 4.13. The molecule has 2 heterocycles. The summed E-state index contributed by atoms with van der Waals surface area (Å²) in [5.41, 5.74) is 3.69. The van der Waals surface area contributed by atoms with Crippen LogP contribution in [0, 0.1) is 0 Å². The van der Waals surface area contributed by atoms with E-state index in [1.807, 2.05) is 43.3 Å². The van der Waals surface area contributed by atoms with E-state index in [9.17, 15) is 47.9 Å². The molecule has 0 spiro atoms. The van der Waals surface area contributed by atoms with Crippen molar-refractivity contribution < 1.29 is 67.2 Å². The third-order valence-corrected chi connectivity index (χ3v) is 9.32. The standard InChI is InChI=1S/C40H45N5O14/c1-5-10-26-25(6-2)27-11-7-8-12-28(27)29(26)23-56-40(55)42-30(15-20-36(51)57-44-24(3)14-17-33(44)48)38(53)41-31(39(54)59-43(4)32(47)13-9-22-46)16-21-37(52)58-45-34(49)18-19-35(45)50/h5-8,10-12,22,29-31H,2-3,9,13-21,23H2,1,4H3,(H,41,53)(H,42,55)/b10-5-.